The van der Waals surface area contributed by atoms with Gasteiger partial charge in [0.2, 0.25) is 11.8 Å². The van der Waals surface area contributed by atoms with Crippen LogP contribution in [-0.2, 0) is 22.7 Å². The highest BCUT2D eigenvalue weighted by Crippen LogP contribution is 2.25. The molecular formula is C22H20ClF4N5O3. The Kier molecular flexibility index (Phi) is 7.64. The number of amides is 3. The number of nitrogens with two attached hydrogens (primary N) is 1. The Morgan fingerprint density at radius 3 is 2.51 bits per heavy atom. The minimum Gasteiger partial charge on any atom is -0.364 e. The van der Waals surface area contributed by atoms with Gasteiger partial charge in [0.15, 0.2) is 5.69 Å². The molecule has 3 aromatic rings. The third kappa shape index (κ3) is 5.88. The Hall–Kier alpha value is -3.67. The van der Waals surface area contributed by atoms with Gasteiger partial charge in [-0.15, -0.1) is 0 Å². The van der Waals surface area contributed by atoms with Gasteiger partial charge in [-0.1, -0.05) is 41.9 Å². The van der Waals surface area contributed by atoms with E-state index in [1.807, 2.05) is 0 Å². The minimum absolute atomic E-state index is 0.0228. The van der Waals surface area contributed by atoms with Gasteiger partial charge in [-0.25, -0.2) is 4.39 Å². The summed E-state index contributed by atoms with van der Waals surface area (Å²) in [4.78, 5) is 37.3. The molecule has 0 aliphatic heterocycles. The molecule has 1 unspecified atom stereocenters. The molecule has 0 saturated carbocycles. The van der Waals surface area contributed by atoms with Gasteiger partial charge < -0.3 is 16.0 Å². The van der Waals surface area contributed by atoms with Crippen molar-refractivity contribution in [2.45, 2.75) is 32.2 Å². The number of halogens is 5. The van der Waals surface area contributed by atoms with Crippen molar-refractivity contribution in [3.63, 3.8) is 0 Å². The fourth-order valence-corrected chi connectivity index (χ4v) is 3.55. The highest BCUT2D eigenvalue weighted by molar-refractivity contribution is 6.30. The SMILES string of the molecule is CC(N(CC(=O)NCc1cccc(Cl)c1F)C(=O)Cn1nc(C(N)=O)c2ccccc21)C(F)(F)F. The molecule has 0 radical (unpaired) electrons. The van der Waals surface area contributed by atoms with E-state index in [2.05, 4.69) is 10.4 Å². The van der Waals surface area contributed by atoms with Crippen LogP contribution in [0, 0.1) is 5.82 Å². The first kappa shape index (κ1) is 25.9. The van der Waals surface area contributed by atoms with Crippen LogP contribution < -0.4 is 11.1 Å². The summed E-state index contributed by atoms with van der Waals surface area (Å²) in [5.41, 5.74) is 5.49. The Morgan fingerprint density at radius 1 is 1.17 bits per heavy atom. The van der Waals surface area contributed by atoms with Crippen LogP contribution in [-0.4, -0.2) is 51.2 Å². The van der Waals surface area contributed by atoms with Gasteiger partial charge in [0.05, 0.1) is 10.5 Å². The normalized spacial score (nSPS) is 12.4. The van der Waals surface area contributed by atoms with Gasteiger partial charge >= 0.3 is 6.18 Å². The van der Waals surface area contributed by atoms with Crippen LogP contribution in [0.1, 0.15) is 23.0 Å². The van der Waals surface area contributed by atoms with Crippen molar-refractivity contribution in [2.75, 3.05) is 6.54 Å². The first-order valence-electron chi connectivity index (χ1n) is 10.2. The van der Waals surface area contributed by atoms with Gasteiger partial charge in [0.1, 0.15) is 24.9 Å². The topological polar surface area (TPSA) is 110 Å². The molecule has 0 bridgehead atoms. The number of nitrogens with zero attached hydrogens (tertiary/aromatic N) is 3. The van der Waals surface area contributed by atoms with Crippen LogP contribution in [0.15, 0.2) is 42.5 Å². The molecule has 2 aromatic carbocycles. The summed E-state index contributed by atoms with van der Waals surface area (Å²) in [5, 5.41) is 6.40. The first-order valence-corrected chi connectivity index (χ1v) is 10.6. The lowest BCUT2D eigenvalue weighted by molar-refractivity contribution is -0.186. The van der Waals surface area contributed by atoms with Crippen LogP contribution >= 0.6 is 11.6 Å². The number of alkyl halides is 3. The fraction of sp³-hybridized carbons (Fsp3) is 0.273. The molecular weight excluding hydrogens is 494 g/mol. The van der Waals surface area contributed by atoms with Gasteiger partial charge in [0, 0.05) is 17.5 Å². The number of rotatable bonds is 8. The Morgan fingerprint density at radius 2 is 1.86 bits per heavy atom. The molecule has 3 amide bonds. The molecule has 3 rings (SSSR count). The van der Waals surface area contributed by atoms with Crippen molar-refractivity contribution in [1.82, 2.24) is 20.0 Å². The lowest BCUT2D eigenvalue weighted by atomic mass is 10.2. The zero-order valence-corrected chi connectivity index (χ0v) is 19.0. The van der Waals surface area contributed by atoms with Crippen LogP contribution in [0.3, 0.4) is 0 Å². The molecule has 1 aromatic heterocycles. The second-order valence-electron chi connectivity index (χ2n) is 7.62. The van der Waals surface area contributed by atoms with Gasteiger partial charge in [0.25, 0.3) is 5.91 Å². The zero-order chi connectivity index (χ0) is 25.9. The zero-order valence-electron chi connectivity index (χ0n) is 18.3. The van der Waals surface area contributed by atoms with Crippen molar-refractivity contribution in [3.05, 3.63) is 64.6 Å². The molecule has 3 N–H and O–H groups in total. The van der Waals surface area contributed by atoms with E-state index in [1.165, 1.54) is 30.3 Å². The Bertz CT molecular complexity index is 1280. The number of hydrogen-bond donors (Lipinski definition) is 2. The Balaban J connectivity index is 1.81. The second-order valence-corrected chi connectivity index (χ2v) is 8.02. The summed E-state index contributed by atoms with van der Waals surface area (Å²) >= 11 is 5.68. The number of benzene rings is 2. The summed E-state index contributed by atoms with van der Waals surface area (Å²) in [6.45, 7) is -1.26. The van der Waals surface area contributed by atoms with Gasteiger partial charge in [-0.3, -0.25) is 19.1 Å². The molecule has 1 heterocycles. The number of carbonyl (C=O) groups excluding carboxylic acids is 3. The van der Waals surface area contributed by atoms with E-state index < -0.39 is 48.8 Å². The lowest BCUT2D eigenvalue weighted by Crippen LogP contribution is -2.52. The van der Waals surface area contributed by atoms with E-state index in [9.17, 15) is 31.9 Å². The van der Waals surface area contributed by atoms with E-state index in [1.54, 1.807) is 12.1 Å². The van der Waals surface area contributed by atoms with Crippen molar-refractivity contribution >= 4 is 40.2 Å². The fourth-order valence-electron chi connectivity index (χ4n) is 3.36. The molecule has 0 spiro atoms. The summed E-state index contributed by atoms with van der Waals surface area (Å²) in [5.74, 6) is -3.68. The smallest absolute Gasteiger partial charge is 0.364 e. The monoisotopic (exact) mass is 513 g/mol. The van der Waals surface area contributed by atoms with E-state index >= 15 is 0 Å². The van der Waals surface area contributed by atoms with Crippen molar-refractivity contribution < 1.29 is 31.9 Å². The number of primary amides is 1. The molecule has 0 aliphatic rings. The highest BCUT2D eigenvalue weighted by Gasteiger charge is 2.42. The predicted molar refractivity (Wildman–Crippen MR) is 119 cm³/mol. The molecule has 13 heteroatoms. The van der Waals surface area contributed by atoms with Crippen LogP contribution in [0.4, 0.5) is 17.6 Å². The number of nitrogens with one attached hydrogen (secondary N) is 1. The average molecular weight is 514 g/mol. The highest BCUT2D eigenvalue weighted by atomic mass is 35.5. The first-order chi connectivity index (χ1) is 16.4. The Labute approximate surface area is 201 Å². The average Bonchev–Trinajstić information content (AvgIpc) is 3.16. The number of hydrogen-bond acceptors (Lipinski definition) is 4. The van der Waals surface area contributed by atoms with Gasteiger partial charge in [-0.05, 0) is 19.1 Å². The number of para-hydroxylation sites is 1. The lowest BCUT2D eigenvalue weighted by Gasteiger charge is -2.30. The van der Waals surface area contributed by atoms with E-state index in [0.29, 0.717) is 15.8 Å². The maximum absolute atomic E-state index is 14.0. The molecule has 0 fully saturated rings. The molecule has 1 atom stereocenters. The summed E-state index contributed by atoms with van der Waals surface area (Å²) in [6.07, 6.45) is -4.83. The summed E-state index contributed by atoms with van der Waals surface area (Å²) < 4.78 is 55.5. The van der Waals surface area contributed by atoms with Crippen molar-refractivity contribution in [1.29, 1.82) is 0 Å². The third-order valence-corrected chi connectivity index (χ3v) is 5.55. The van der Waals surface area contributed by atoms with Gasteiger partial charge in [-0.2, -0.15) is 18.3 Å². The van der Waals surface area contributed by atoms with Crippen LogP contribution in [0.2, 0.25) is 5.02 Å². The largest absolute Gasteiger partial charge is 0.408 e. The standard InChI is InChI=1S/C22H20ClF4N5O3/c1-12(22(25,26)27)31(10-17(33)29-9-13-5-4-7-15(23)19(13)24)18(34)11-32-16-8-3-2-6-14(16)20(30-32)21(28)35/h2-8,12H,9-11H2,1H3,(H2,28,35)(H,29,33). The van der Waals surface area contributed by atoms with Crippen LogP contribution in [0.5, 0.6) is 0 Å². The summed E-state index contributed by atoms with van der Waals surface area (Å²) in [6, 6.07) is 8.03. The molecule has 0 saturated heterocycles. The molecule has 8 nitrogen and oxygen atoms in total. The summed E-state index contributed by atoms with van der Waals surface area (Å²) in [7, 11) is 0. The predicted octanol–water partition coefficient (Wildman–Crippen LogP) is 3.02. The number of fused-ring (bicyclic) bond motifs is 1. The second kappa shape index (κ2) is 10.3. The van der Waals surface area contributed by atoms with E-state index in [-0.39, 0.29) is 22.8 Å². The molecule has 186 valence electrons. The maximum atomic E-state index is 14.0. The van der Waals surface area contributed by atoms with Crippen molar-refractivity contribution in [3.8, 4) is 0 Å². The minimum atomic E-state index is -4.83. The molecule has 35 heavy (non-hydrogen) atoms. The van der Waals surface area contributed by atoms with E-state index in [4.69, 9.17) is 17.3 Å². The number of aromatic nitrogens is 2. The van der Waals surface area contributed by atoms with Crippen LogP contribution in [0.25, 0.3) is 10.9 Å². The molecule has 0 aliphatic carbocycles. The quantitative estimate of drug-likeness (QED) is 0.451. The van der Waals surface area contributed by atoms with Crippen molar-refractivity contribution in [2.24, 2.45) is 5.73 Å². The van der Waals surface area contributed by atoms with E-state index in [0.717, 1.165) is 11.6 Å². The number of carbonyl (C=O) groups is 3. The maximum Gasteiger partial charge on any atom is 0.408 e. The third-order valence-electron chi connectivity index (χ3n) is 5.26.